The van der Waals surface area contributed by atoms with Crippen LogP contribution in [0.25, 0.3) is 0 Å². The van der Waals surface area contributed by atoms with Gasteiger partial charge >= 0.3 is 0 Å². The molecule has 2 aromatic rings. The van der Waals surface area contributed by atoms with Gasteiger partial charge in [0.2, 0.25) is 5.78 Å². The second kappa shape index (κ2) is 4.59. The number of ketones is 1. The van der Waals surface area contributed by atoms with Crippen LogP contribution in [0.3, 0.4) is 0 Å². The summed E-state index contributed by atoms with van der Waals surface area (Å²) < 4.78 is 26.0. The van der Waals surface area contributed by atoms with Crippen molar-refractivity contribution in [2.24, 2.45) is 0 Å². The summed E-state index contributed by atoms with van der Waals surface area (Å²) in [6.45, 7) is 0. The minimum atomic E-state index is -0.910. The molecule has 0 radical (unpaired) electrons. The summed E-state index contributed by atoms with van der Waals surface area (Å²) in [6, 6.07) is 5.62. The quantitative estimate of drug-likeness (QED) is 0.769. The van der Waals surface area contributed by atoms with E-state index in [9.17, 15) is 13.6 Å². The molecule has 0 aliphatic rings. The van der Waals surface area contributed by atoms with Crippen LogP contribution in [0, 0.1) is 11.6 Å². The molecular formula is C12H6ClF2NO. The summed E-state index contributed by atoms with van der Waals surface area (Å²) in [6.07, 6.45) is 1.29. The lowest BCUT2D eigenvalue weighted by molar-refractivity contribution is 0.103. The van der Waals surface area contributed by atoms with E-state index in [4.69, 9.17) is 11.6 Å². The van der Waals surface area contributed by atoms with Crippen molar-refractivity contribution in [2.75, 3.05) is 0 Å². The van der Waals surface area contributed by atoms with Gasteiger partial charge in [-0.15, -0.1) is 0 Å². The van der Waals surface area contributed by atoms with Crippen LogP contribution in [0.5, 0.6) is 0 Å². The highest BCUT2D eigenvalue weighted by Crippen LogP contribution is 2.15. The van der Waals surface area contributed by atoms with E-state index in [0.717, 1.165) is 12.1 Å². The standard InChI is InChI=1S/C12H6ClF2NO/c13-7-1-4-11(16-6-7)12(17)9-3-2-8(14)5-10(9)15/h1-6H. The van der Waals surface area contributed by atoms with E-state index in [0.29, 0.717) is 11.1 Å². The fraction of sp³-hybridized carbons (Fsp3) is 0. The number of carbonyl (C=O) groups is 1. The van der Waals surface area contributed by atoms with Crippen LogP contribution in [0.4, 0.5) is 8.78 Å². The Balaban J connectivity index is 2.40. The summed E-state index contributed by atoms with van der Waals surface area (Å²) in [7, 11) is 0. The van der Waals surface area contributed by atoms with Gasteiger partial charge in [0.15, 0.2) is 0 Å². The van der Waals surface area contributed by atoms with Crippen LogP contribution < -0.4 is 0 Å². The molecule has 0 aliphatic heterocycles. The van der Waals surface area contributed by atoms with Gasteiger partial charge in [0.05, 0.1) is 10.6 Å². The molecule has 0 saturated carbocycles. The molecule has 1 aromatic carbocycles. The summed E-state index contributed by atoms with van der Waals surface area (Å²) in [5.41, 5.74) is -0.166. The second-order valence-electron chi connectivity index (χ2n) is 3.31. The zero-order chi connectivity index (χ0) is 12.4. The minimum absolute atomic E-state index is 0.0555. The van der Waals surface area contributed by atoms with Gasteiger partial charge in [0, 0.05) is 12.3 Å². The first-order valence-electron chi connectivity index (χ1n) is 4.69. The molecule has 0 N–H and O–H groups in total. The van der Waals surface area contributed by atoms with Crippen molar-refractivity contribution < 1.29 is 13.6 Å². The molecule has 5 heteroatoms. The Hall–Kier alpha value is -1.81. The van der Waals surface area contributed by atoms with Crippen molar-refractivity contribution in [1.29, 1.82) is 0 Å². The Labute approximate surface area is 101 Å². The van der Waals surface area contributed by atoms with Crippen molar-refractivity contribution in [3.63, 3.8) is 0 Å². The highest BCUT2D eigenvalue weighted by atomic mass is 35.5. The maximum absolute atomic E-state index is 13.4. The van der Waals surface area contributed by atoms with E-state index >= 15 is 0 Å². The monoisotopic (exact) mass is 253 g/mol. The number of nitrogens with zero attached hydrogens (tertiary/aromatic N) is 1. The molecule has 1 heterocycles. The fourth-order valence-electron chi connectivity index (χ4n) is 1.32. The van der Waals surface area contributed by atoms with Crippen molar-refractivity contribution >= 4 is 17.4 Å². The predicted octanol–water partition coefficient (Wildman–Crippen LogP) is 3.24. The topological polar surface area (TPSA) is 30.0 Å². The number of halogens is 3. The summed E-state index contributed by atoms with van der Waals surface area (Å²) in [5.74, 6) is -2.26. The Kier molecular flexibility index (Phi) is 3.15. The molecule has 1 aromatic heterocycles. The average Bonchev–Trinajstić information content (AvgIpc) is 2.29. The molecule has 86 valence electrons. The van der Waals surface area contributed by atoms with Crippen molar-refractivity contribution in [3.05, 3.63) is 64.4 Å². The molecule has 0 fully saturated rings. The smallest absolute Gasteiger partial charge is 0.214 e. The summed E-state index contributed by atoms with van der Waals surface area (Å²) >= 11 is 5.62. The van der Waals surface area contributed by atoms with E-state index in [2.05, 4.69) is 4.98 Å². The third-order valence-electron chi connectivity index (χ3n) is 2.14. The molecule has 0 saturated heterocycles. The molecule has 0 unspecified atom stereocenters. The lowest BCUT2D eigenvalue weighted by Gasteiger charge is -2.02. The van der Waals surface area contributed by atoms with Gasteiger partial charge in [-0.25, -0.2) is 8.78 Å². The largest absolute Gasteiger partial charge is 0.287 e. The van der Waals surface area contributed by atoms with Crippen LogP contribution in [0.15, 0.2) is 36.5 Å². The van der Waals surface area contributed by atoms with Crippen LogP contribution >= 0.6 is 11.6 Å². The van der Waals surface area contributed by atoms with Crippen molar-refractivity contribution in [1.82, 2.24) is 4.98 Å². The van der Waals surface area contributed by atoms with Gasteiger partial charge in [-0.2, -0.15) is 0 Å². The number of rotatable bonds is 2. The minimum Gasteiger partial charge on any atom is -0.287 e. The molecule has 0 bridgehead atoms. The van der Waals surface area contributed by atoms with Gasteiger partial charge in [0.1, 0.15) is 17.3 Å². The van der Waals surface area contributed by atoms with E-state index in [-0.39, 0.29) is 11.3 Å². The van der Waals surface area contributed by atoms with E-state index in [1.807, 2.05) is 0 Å². The van der Waals surface area contributed by atoms with Gasteiger partial charge in [0.25, 0.3) is 0 Å². The normalized spacial score (nSPS) is 10.3. The highest BCUT2D eigenvalue weighted by Gasteiger charge is 2.15. The van der Waals surface area contributed by atoms with Gasteiger partial charge in [-0.1, -0.05) is 11.6 Å². The number of benzene rings is 1. The molecule has 2 nitrogen and oxygen atoms in total. The molecule has 0 atom stereocenters. The molecule has 17 heavy (non-hydrogen) atoms. The first-order chi connectivity index (χ1) is 8.08. The van der Waals surface area contributed by atoms with E-state index in [1.54, 1.807) is 0 Å². The fourth-order valence-corrected chi connectivity index (χ4v) is 1.43. The maximum Gasteiger partial charge on any atom is 0.214 e. The SMILES string of the molecule is O=C(c1ccc(Cl)cn1)c1ccc(F)cc1F. The third-order valence-corrected chi connectivity index (χ3v) is 2.36. The van der Waals surface area contributed by atoms with E-state index in [1.165, 1.54) is 18.3 Å². The Bertz CT molecular complexity index is 569. The molecule has 0 amide bonds. The predicted molar refractivity (Wildman–Crippen MR) is 59.0 cm³/mol. The van der Waals surface area contributed by atoms with Crippen molar-refractivity contribution in [2.45, 2.75) is 0 Å². The molecule has 0 spiro atoms. The zero-order valence-electron chi connectivity index (χ0n) is 8.45. The molecule has 2 rings (SSSR count). The lowest BCUT2D eigenvalue weighted by Crippen LogP contribution is -2.06. The van der Waals surface area contributed by atoms with Crippen LogP contribution in [0.1, 0.15) is 16.1 Å². The molecule has 0 aliphatic carbocycles. The maximum atomic E-state index is 13.4. The van der Waals surface area contributed by atoms with Gasteiger partial charge < -0.3 is 0 Å². The van der Waals surface area contributed by atoms with Crippen LogP contribution in [-0.2, 0) is 0 Å². The average molecular weight is 254 g/mol. The zero-order valence-corrected chi connectivity index (χ0v) is 9.21. The Morgan fingerprint density at radius 2 is 1.94 bits per heavy atom. The number of hydrogen-bond acceptors (Lipinski definition) is 2. The van der Waals surface area contributed by atoms with E-state index < -0.39 is 17.4 Å². The van der Waals surface area contributed by atoms with Crippen LogP contribution in [-0.4, -0.2) is 10.8 Å². The second-order valence-corrected chi connectivity index (χ2v) is 3.75. The lowest BCUT2D eigenvalue weighted by atomic mass is 10.1. The van der Waals surface area contributed by atoms with Gasteiger partial charge in [-0.05, 0) is 24.3 Å². The number of carbonyl (C=O) groups excluding carboxylic acids is 1. The van der Waals surface area contributed by atoms with Crippen molar-refractivity contribution in [3.8, 4) is 0 Å². The summed E-state index contributed by atoms with van der Waals surface area (Å²) in [5, 5.41) is 0.376. The molecular weight excluding hydrogens is 248 g/mol. The highest BCUT2D eigenvalue weighted by molar-refractivity contribution is 6.30. The Morgan fingerprint density at radius 1 is 1.18 bits per heavy atom. The third kappa shape index (κ3) is 2.47. The first-order valence-corrected chi connectivity index (χ1v) is 5.07. The number of pyridine rings is 1. The van der Waals surface area contributed by atoms with Crippen LogP contribution in [0.2, 0.25) is 5.02 Å². The number of hydrogen-bond donors (Lipinski definition) is 0. The summed E-state index contributed by atoms with van der Waals surface area (Å²) in [4.78, 5) is 15.6. The first kappa shape index (κ1) is 11.7. The number of aromatic nitrogens is 1. The Morgan fingerprint density at radius 3 is 2.53 bits per heavy atom. The van der Waals surface area contributed by atoms with Gasteiger partial charge in [-0.3, -0.25) is 9.78 Å².